The van der Waals surface area contributed by atoms with Gasteiger partial charge >= 0.3 is 0 Å². The lowest BCUT2D eigenvalue weighted by Gasteiger charge is -2.19. The van der Waals surface area contributed by atoms with E-state index in [0.29, 0.717) is 16.7 Å². The molecule has 0 amide bonds. The molecule has 9 rings (SSSR count). The van der Waals surface area contributed by atoms with Crippen molar-refractivity contribution in [2.45, 2.75) is 0 Å². The Labute approximate surface area is 270 Å². The minimum absolute atomic E-state index is 0.0587. The first-order chi connectivity index (χ1) is 24.9. The van der Waals surface area contributed by atoms with Gasteiger partial charge in [0, 0.05) is 16.3 Å². The lowest BCUT2D eigenvalue weighted by atomic mass is 9.84. The van der Waals surface area contributed by atoms with Gasteiger partial charge in [-0.3, -0.25) is 0 Å². The van der Waals surface area contributed by atoms with Gasteiger partial charge in [-0.1, -0.05) is 158 Å². The van der Waals surface area contributed by atoms with Gasteiger partial charge in [0.25, 0.3) is 0 Å². The van der Waals surface area contributed by atoms with E-state index in [1.54, 1.807) is 0 Å². The van der Waals surface area contributed by atoms with Crippen LogP contribution in [-0.4, -0.2) is 0 Å². The lowest BCUT2D eigenvalue weighted by molar-refractivity contribution is 0.670. The molecule has 0 aliphatic carbocycles. The Kier molecular flexibility index (Phi) is 4.63. The second-order valence-corrected chi connectivity index (χ2v) is 11.1. The van der Waals surface area contributed by atoms with E-state index in [1.807, 2.05) is 97.1 Å². The SMILES string of the molecule is [2H]c1c([2H])c([2H])c2c(oc3c([2H])c(-c4c5ccccc5c(-c5ccccc5-c5ccccc5)c5ccccc45)c([2H])c([2H])c32)c1-c1ccccc1. The topological polar surface area (TPSA) is 13.1 Å². The van der Waals surface area contributed by atoms with Gasteiger partial charge in [-0.25, -0.2) is 0 Å². The number of hydrogen-bond acceptors (Lipinski definition) is 1. The van der Waals surface area contributed by atoms with E-state index in [1.165, 1.54) is 0 Å². The van der Waals surface area contributed by atoms with E-state index in [-0.39, 0.29) is 63.8 Å². The number of para-hydroxylation sites is 1. The highest BCUT2D eigenvalue weighted by Gasteiger charge is 2.20. The second kappa shape index (κ2) is 10.4. The van der Waals surface area contributed by atoms with Crippen LogP contribution in [0.5, 0.6) is 0 Å². The molecule has 0 saturated carbocycles. The Balaban J connectivity index is 1.42. The predicted molar refractivity (Wildman–Crippen MR) is 190 cm³/mol. The third-order valence-electron chi connectivity index (χ3n) is 8.59. The average molecular weight is 579 g/mol. The summed E-state index contributed by atoms with van der Waals surface area (Å²) in [6.07, 6.45) is 0. The molecule has 0 aliphatic rings. The summed E-state index contributed by atoms with van der Waals surface area (Å²) in [5.74, 6) is 0. The summed E-state index contributed by atoms with van der Waals surface area (Å²) in [5, 5.41) is 3.87. The van der Waals surface area contributed by atoms with Gasteiger partial charge in [0.2, 0.25) is 0 Å². The van der Waals surface area contributed by atoms with Crippen molar-refractivity contribution in [2.75, 3.05) is 0 Å². The van der Waals surface area contributed by atoms with Crippen LogP contribution in [0.1, 0.15) is 8.22 Å². The van der Waals surface area contributed by atoms with E-state index in [4.69, 9.17) is 8.53 Å². The minimum atomic E-state index is -0.297. The summed E-state index contributed by atoms with van der Waals surface area (Å²) in [4.78, 5) is 0. The molecule has 9 aromatic rings. The fraction of sp³-hybridized carbons (Fsp3) is 0. The zero-order chi connectivity index (χ0) is 35.0. The van der Waals surface area contributed by atoms with Crippen molar-refractivity contribution >= 4 is 43.5 Å². The van der Waals surface area contributed by atoms with Crippen molar-refractivity contribution in [3.05, 3.63) is 170 Å². The Morgan fingerprint density at radius 1 is 0.378 bits per heavy atom. The Morgan fingerprint density at radius 3 is 1.56 bits per heavy atom. The van der Waals surface area contributed by atoms with Crippen LogP contribution in [0, 0.1) is 0 Å². The third-order valence-corrected chi connectivity index (χ3v) is 8.59. The highest BCUT2D eigenvalue weighted by Crippen LogP contribution is 2.47. The molecule has 45 heavy (non-hydrogen) atoms. The van der Waals surface area contributed by atoms with E-state index in [2.05, 4.69) is 36.4 Å². The molecule has 0 unspecified atom stereocenters. The number of hydrogen-bond donors (Lipinski definition) is 0. The lowest BCUT2D eigenvalue weighted by Crippen LogP contribution is -1.92. The van der Waals surface area contributed by atoms with Gasteiger partial charge in [0.15, 0.2) is 0 Å². The van der Waals surface area contributed by atoms with Crippen LogP contribution < -0.4 is 0 Å². The summed E-state index contributed by atoms with van der Waals surface area (Å²) >= 11 is 0. The van der Waals surface area contributed by atoms with Gasteiger partial charge in [0.1, 0.15) is 11.2 Å². The Morgan fingerprint density at radius 2 is 0.911 bits per heavy atom. The van der Waals surface area contributed by atoms with E-state index < -0.39 is 0 Å². The van der Waals surface area contributed by atoms with Crippen molar-refractivity contribution in [2.24, 2.45) is 0 Å². The first-order valence-corrected chi connectivity index (χ1v) is 15.0. The molecular formula is C44H28O. The van der Waals surface area contributed by atoms with Crippen molar-refractivity contribution in [1.82, 2.24) is 0 Å². The van der Waals surface area contributed by atoms with Crippen molar-refractivity contribution in [3.63, 3.8) is 0 Å². The maximum absolute atomic E-state index is 9.66. The second-order valence-electron chi connectivity index (χ2n) is 11.1. The Hall–Kier alpha value is -5.92. The first-order valence-electron chi connectivity index (χ1n) is 18.0. The molecule has 8 aromatic carbocycles. The molecule has 1 aromatic heterocycles. The smallest absolute Gasteiger partial charge is 0.143 e. The van der Waals surface area contributed by atoms with Gasteiger partial charge in [0.05, 0.1) is 8.22 Å². The molecule has 1 heteroatoms. The molecule has 0 bridgehead atoms. The molecule has 210 valence electrons. The summed E-state index contributed by atoms with van der Waals surface area (Å²) in [6, 6.07) is 42.6. The molecule has 1 nitrogen and oxygen atoms in total. The standard InChI is InChI=1S/C44H28O/c1-3-14-29(15-4-1)32-18-7-8-19-35(32)43-38-22-11-9-20-36(38)42(37-21-10-12-23-39(37)43)31-26-27-34-40-25-13-24-33(30-16-5-2-6-17-30)44(40)45-41(34)28-31/h1-28H/i13D,24D,25D,26D,27D,28D. The number of rotatable bonds is 4. The molecule has 0 atom stereocenters. The predicted octanol–water partition coefficient (Wildman–Crippen LogP) is 12.6. The van der Waals surface area contributed by atoms with E-state index in [0.717, 1.165) is 43.8 Å². The molecule has 0 radical (unpaired) electrons. The van der Waals surface area contributed by atoms with Gasteiger partial charge in [-0.05, 0) is 72.6 Å². The molecule has 0 N–H and O–H groups in total. The van der Waals surface area contributed by atoms with Crippen molar-refractivity contribution < 1.29 is 12.6 Å². The monoisotopic (exact) mass is 578 g/mol. The number of benzene rings is 8. The highest BCUT2D eigenvalue weighted by molar-refractivity contribution is 6.23. The normalized spacial score (nSPS) is 13.4. The van der Waals surface area contributed by atoms with Crippen LogP contribution in [0.2, 0.25) is 0 Å². The van der Waals surface area contributed by atoms with Gasteiger partial charge < -0.3 is 4.42 Å². The summed E-state index contributed by atoms with van der Waals surface area (Å²) in [6.45, 7) is 0. The number of fused-ring (bicyclic) bond motifs is 5. The third kappa shape index (κ3) is 4.09. The fourth-order valence-corrected chi connectivity index (χ4v) is 6.61. The molecule has 0 spiro atoms. The fourth-order valence-electron chi connectivity index (χ4n) is 6.61. The van der Waals surface area contributed by atoms with Crippen LogP contribution >= 0.6 is 0 Å². The first kappa shape index (κ1) is 20.1. The largest absolute Gasteiger partial charge is 0.455 e. The average Bonchev–Trinajstić information content (AvgIpc) is 3.58. The molecule has 0 aliphatic heterocycles. The highest BCUT2D eigenvalue weighted by atomic mass is 16.3. The Bertz CT molecular complexity index is 2800. The van der Waals surface area contributed by atoms with E-state index in [9.17, 15) is 4.11 Å². The number of furan rings is 1. The van der Waals surface area contributed by atoms with Crippen LogP contribution in [0.3, 0.4) is 0 Å². The van der Waals surface area contributed by atoms with Gasteiger partial charge in [-0.15, -0.1) is 0 Å². The maximum Gasteiger partial charge on any atom is 0.143 e. The van der Waals surface area contributed by atoms with Crippen molar-refractivity contribution in [1.29, 1.82) is 0 Å². The van der Waals surface area contributed by atoms with Gasteiger partial charge in [-0.2, -0.15) is 0 Å². The zero-order valence-corrected chi connectivity index (χ0v) is 24.1. The van der Waals surface area contributed by atoms with Crippen LogP contribution in [-0.2, 0) is 0 Å². The zero-order valence-electron chi connectivity index (χ0n) is 30.1. The van der Waals surface area contributed by atoms with Crippen LogP contribution in [0.4, 0.5) is 0 Å². The van der Waals surface area contributed by atoms with Crippen molar-refractivity contribution in [3.8, 4) is 44.5 Å². The maximum atomic E-state index is 9.66. The summed E-state index contributed by atoms with van der Waals surface area (Å²) in [5.41, 5.74) is 6.38. The molecule has 0 saturated heterocycles. The van der Waals surface area contributed by atoms with Crippen LogP contribution in [0.15, 0.2) is 174 Å². The summed E-state index contributed by atoms with van der Waals surface area (Å²) < 4.78 is 61.3. The quantitative estimate of drug-likeness (QED) is 0.189. The molecule has 1 heterocycles. The van der Waals surface area contributed by atoms with Crippen LogP contribution in [0.25, 0.3) is 88.0 Å². The summed E-state index contributed by atoms with van der Waals surface area (Å²) in [7, 11) is 0. The molecular weight excluding hydrogens is 544 g/mol. The molecule has 0 fully saturated rings. The van der Waals surface area contributed by atoms with E-state index >= 15 is 0 Å². The minimum Gasteiger partial charge on any atom is -0.455 e.